The normalized spacial score (nSPS) is 10.9. The molecule has 4 aromatic rings. The zero-order valence-corrected chi connectivity index (χ0v) is 15.3. The van der Waals surface area contributed by atoms with E-state index in [9.17, 15) is 4.79 Å². The summed E-state index contributed by atoms with van der Waals surface area (Å²) in [5, 5.41) is 11.1. The number of benzene rings is 2. The number of aromatic carboxylic acids is 1. The van der Waals surface area contributed by atoms with E-state index in [4.69, 9.17) is 14.6 Å². The lowest BCUT2D eigenvalue weighted by molar-refractivity contribution is 0.0691. The van der Waals surface area contributed by atoms with Gasteiger partial charge in [0.25, 0.3) is 0 Å². The summed E-state index contributed by atoms with van der Waals surface area (Å²) in [5.74, 6) is 0.217. The molecule has 0 fully saturated rings. The molecule has 7 heteroatoms. The van der Waals surface area contributed by atoms with Gasteiger partial charge in [-0.3, -0.25) is 4.40 Å². The minimum atomic E-state index is -1.04. The molecule has 0 aliphatic heterocycles. The minimum Gasteiger partial charge on any atom is -0.493 e. The number of hydrogen-bond acceptors (Lipinski definition) is 5. The number of ether oxygens (including phenoxy) is 2. The van der Waals surface area contributed by atoms with Gasteiger partial charge in [-0.15, -0.1) is 11.3 Å². The summed E-state index contributed by atoms with van der Waals surface area (Å²) in [7, 11) is 1.59. The van der Waals surface area contributed by atoms with E-state index in [2.05, 4.69) is 4.98 Å². The Morgan fingerprint density at radius 2 is 2.00 bits per heavy atom. The quantitative estimate of drug-likeness (QED) is 0.538. The lowest BCUT2D eigenvalue weighted by atomic mass is 10.1. The number of carboxylic acids is 1. The van der Waals surface area contributed by atoms with E-state index >= 15 is 0 Å². The summed E-state index contributed by atoms with van der Waals surface area (Å²) >= 11 is 1.39. The van der Waals surface area contributed by atoms with Gasteiger partial charge in [0.1, 0.15) is 6.61 Å². The number of carbonyl (C=O) groups is 1. The van der Waals surface area contributed by atoms with Gasteiger partial charge in [0, 0.05) is 17.1 Å². The third-order valence-corrected chi connectivity index (χ3v) is 4.96. The van der Waals surface area contributed by atoms with Crippen molar-refractivity contribution in [3.8, 4) is 22.8 Å². The number of thiazole rings is 1. The van der Waals surface area contributed by atoms with E-state index in [0.29, 0.717) is 23.1 Å². The first-order valence-electron chi connectivity index (χ1n) is 8.20. The Morgan fingerprint density at radius 1 is 1.19 bits per heavy atom. The Kier molecular flexibility index (Phi) is 4.52. The molecule has 0 bridgehead atoms. The van der Waals surface area contributed by atoms with Crippen LogP contribution in [0.1, 0.15) is 16.1 Å². The van der Waals surface area contributed by atoms with Crippen molar-refractivity contribution < 1.29 is 19.4 Å². The Labute approximate surface area is 159 Å². The number of rotatable bonds is 6. The molecule has 0 aliphatic rings. The molecule has 0 amide bonds. The summed E-state index contributed by atoms with van der Waals surface area (Å²) in [6, 6.07) is 15.6. The van der Waals surface area contributed by atoms with E-state index < -0.39 is 5.97 Å². The predicted molar refractivity (Wildman–Crippen MR) is 103 cm³/mol. The molecule has 1 N–H and O–H groups in total. The van der Waals surface area contributed by atoms with Crippen molar-refractivity contribution in [1.29, 1.82) is 0 Å². The van der Waals surface area contributed by atoms with Crippen LogP contribution >= 0.6 is 11.3 Å². The molecule has 0 unspecified atom stereocenters. The second-order valence-corrected chi connectivity index (χ2v) is 6.68. The van der Waals surface area contributed by atoms with Gasteiger partial charge in [0.2, 0.25) is 0 Å². The first-order chi connectivity index (χ1) is 13.2. The Morgan fingerprint density at radius 3 is 2.74 bits per heavy atom. The number of nitrogens with zero attached hydrogens (tertiary/aromatic N) is 2. The molecule has 2 aromatic carbocycles. The molecule has 4 rings (SSSR count). The van der Waals surface area contributed by atoms with Gasteiger partial charge >= 0.3 is 5.97 Å². The van der Waals surface area contributed by atoms with Crippen LogP contribution in [-0.2, 0) is 6.61 Å². The zero-order valence-electron chi connectivity index (χ0n) is 14.5. The van der Waals surface area contributed by atoms with Gasteiger partial charge < -0.3 is 14.6 Å². The molecule has 0 saturated carbocycles. The third kappa shape index (κ3) is 3.37. The highest BCUT2D eigenvalue weighted by atomic mass is 32.1. The van der Waals surface area contributed by atoms with E-state index in [-0.39, 0.29) is 5.69 Å². The lowest BCUT2D eigenvalue weighted by Crippen LogP contribution is -1.98. The van der Waals surface area contributed by atoms with Gasteiger partial charge in [0.15, 0.2) is 22.2 Å². The Balaban J connectivity index is 1.64. The maximum Gasteiger partial charge on any atom is 0.356 e. The molecule has 2 heterocycles. The smallest absolute Gasteiger partial charge is 0.356 e. The lowest BCUT2D eigenvalue weighted by Gasteiger charge is -2.12. The van der Waals surface area contributed by atoms with Crippen LogP contribution < -0.4 is 9.47 Å². The molecule has 0 spiro atoms. The van der Waals surface area contributed by atoms with E-state index in [1.807, 2.05) is 53.9 Å². The van der Waals surface area contributed by atoms with Crippen LogP contribution in [-0.4, -0.2) is 27.6 Å². The topological polar surface area (TPSA) is 73.1 Å². The largest absolute Gasteiger partial charge is 0.493 e. The minimum absolute atomic E-state index is 0.0258. The first-order valence-corrected chi connectivity index (χ1v) is 9.08. The van der Waals surface area contributed by atoms with Crippen LogP contribution in [0, 0.1) is 0 Å². The van der Waals surface area contributed by atoms with Crippen molar-refractivity contribution in [3.05, 3.63) is 71.4 Å². The maximum absolute atomic E-state index is 11.1. The maximum atomic E-state index is 11.1. The number of methoxy groups -OCH3 is 1. The molecule has 0 aliphatic carbocycles. The highest BCUT2D eigenvalue weighted by Gasteiger charge is 2.15. The number of carboxylic acid groups (broad SMARTS) is 1. The van der Waals surface area contributed by atoms with Gasteiger partial charge in [-0.25, -0.2) is 9.78 Å². The monoisotopic (exact) mass is 380 g/mol. The zero-order chi connectivity index (χ0) is 18.8. The Bertz CT molecular complexity index is 1100. The van der Waals surface area contributed by atoms with Gasteiger partial charge in [-0.1, -0.05) is 30.3 Å². The third-order valence-electron chi connectivity index (χ3n) is 4.12. The summed E-state index contributed by atoms with van der Waals surface area (Å²) in [6.07, 6.45) is 1.52. The second-order valence-electron chi connectivity index (χ2n) is 5.84. The van der Waals surface area contributed by atoms with Crippen molar-refractivity contribution in [3.63, 3.8) is 0 Å². The van der Waals surface area contributed by atoms with Crippen LogP contribution in [0.3, 0.4) is 0 Å². The molecule has 0 saturated heterocycles. The Hall–Kier alpha value is -3.32. The summed E-state index contributed by atoms with van der Waals surface area (Å²) in [4.78, 5) is 15.9. The average Bonchev–Trinajstić information content (AvgIpc) is 3.28. The average molecular weight is 380 g/mol. The SMILES string of the molecule is COc1cc(-c2csc3nc(C(=O)O)cn23)ccc1OCc1ccccc1. The fourth-order valence-corrected chi connectivity index (χ4v) is 3.66. The number of imidazole rings is 1. The van der Waals surface area contributed by atoms with Gasteiger partial charge in [-0.2, -0.15) is 0 Å². The van der Waals surface area contributed by atoms with Crippen molar-refractivity contribution in [2.75, 3.05) is 7.11 Å². The summed E-state index contributed by atoms with van der Waals surface area (Å²) < 4.78 is 13.1. The number of hydrogen-bond donors (Lipinski definition) is 1. The van der Waals surface area contributed by atoms with Crippen LogP contribution in [0.4, 0.5) is 0 Å². The molecular formula is C20H16N2O4S. The highest BCUT2D eigenvalue weighted by molar-refractivity contribution is 7.15. The fourth-order valence-electron chi connectivity index (χ4n) is 2.78. The molecule has 0 radical (unpaired) electrons. The van der Waals surface area contributed by atoms with E-state index in [1.54, 1.807) is 11.5 Å². The van der Waals surface area contributed by atoms with Crippen molar-refractivity contribution in [2.45, 2.75) is 6.61 Å². The van der Waals surface area contributed by atoms with E-state index in [1.165, 1.54) is 17.5 Å². The predicted octanol–water partition coefficient (Wildman–Crippen LogP) is 4.35. The number of fused-ring (bicyclic) bond motifs is 1. The van der Waals surface area contributed by atoms with Gasteiger partial charge in [0.05, 0.1) is 12.8 Å². The second kappa shape index (κ2) is 7.13. The summed E-state index contributed by atoms with van der Waals surface area (Å²) in [5.41, 5.74) is 2.84. The van der Waals surface area contributed by atoms with Crippen LogP contribution in [0.25, 0.3) is 16.2 Å². The highest BCUT2D eigenvalue weighted by Crippen LogP contribution is 2.34. The van der Waals surface area contributed by atoms with Crippen LogP contribution in [0.15, 0.2) is 60.1 Å². The van der Waals surface area contributed by atoms with Crippen molar-refractivity contribution in [1.82, 2.24) is 9.38 Å². The standard InChI is InChI=1S/C20H16N2O4S/c1-25-18-9-14(7-8-17(18)26-11-13-5-3-2-4-6-13)16-12-27-20-21-15(19(23)24)10-22(16)20/h2-10,12H,11H2,1H3,(H,23,24). The first kappa shape index (κ1) is 17.1. The van der Waals surface area contributed by atoms with E-state index in [0.717, 1.165) is 16.8 Å². The molecule has 27 heavy (non-hydrogen) atoms. The van der Waals surface area contributed by atoms with Crippen LogP contribution in [0.5, 0.6) is 11.5 Å². The number of aromatic nitrogens is 2. The molecule has 0 atom stereocenters. The molecular weight excluding hydrogens is 364 g/mol. The van der Waals surface area contributed by atoms with Crippen molar-refractivity contribution >= 4 is 22.3 Å². The van der Waals surface area contributed by atoms with Gasteiger partial charge in [-0.05, 0) is 23.8 Å². The summed E-state index contributed by atoms with van der Waals surface area (Å²) in [6.45, 7) is 0.447. The molecule has 6 nitrogen and oxygen atoms in total. The van der Waals surface area contributed by atoms with Crippen molar-refractivity contribution in [2.24, 2.45) is 0 Å². The van der Waals surface area contributed by atoms with Crippen LogP contribution in [0.2, 0.25) is 0 Å². The fraction of sp³-hybridized carbons (Fsp3) is 0.100. The molecule has 2 aromatic heterocycles. The molecule has 136 valence electrons.